The third-order valence-electron chi connectivity index (χ3n) is 6.56. The number of halogens is 1. The minimum Gasteiger partial charge on any atom is -0.399 e. The number of benzene rings is 1. The van der Waals surface area contributed by atoms with Crippen molar-refractivity contribution in [2.75, 3.05) is 26.7 Å². The molecular weight excluding hydrogens is 342 g/mol. The molecule has 0 saturated carbocycles. The van der Waals surface area contributed by atoms with Gasteiger partial charge >= 0.3 is 7.12 Å². The van der Waals surface area contributed by atoms with E-state index < -0.39 is 18.3 Å². The van der Waals surface area contributed by atoms with Crippen molar-refractivity contribution >= 4 is 12.6 Å². The molecule has 0 aliphatic carbocycles. The van der Waals surface area contributed by atoms with Crippen molar-refractivity contribution in [3.8, 4) is 0 Å². The second-order valence-corrected chi connectivity index (χ2v) is 9.06. The fourth-order valence-electron chi connectivity index (χ4n) is 3.98. The van der Waals surface area contributed by atoms with Crippen molar-refractivity contribution < 1.29 is 13.7 Å². The van der Waals surface area contributed by atoms with Crippen LogP contribution in [0.25, 0.3) is 0 Å². The van der Waals surface area contributed by atoms with E-state index in [4.69, 9.17) is 9.31 Å². The topological polar surface area (TPSA) is 24.9 Å². The van der Waals surface area contributed by atoms with Crippen molar-refractivity contribution in [3.05, 3.63) is 29.6 Å². The van der Waals surface area contributed by atoms with Gasteiger partial charge in [-0.15, -0.1) is 0 Å². The van der Waals surface area contributed by atoms with Crippen molar-refractivity contribution in [2.24, 2.45) is 0 Å². The predicted octanol–water partition coefficient (Wildman–Crippen LogP) is 3.04. The van der Waals surface area contributed by atoms with Crippen LogP contribution in [-0.4, -0.2) is 60.8 Å². The summed E-state index contributed by atoms with van der Waals surface area (Å²) >= 11 is 0. The molecule has 2 heterocycles. The van der Waals surface area contributed by atoms with Crippen LogP contribution in [0.1, 0.15) is 53.0 Å². The minimum absolute atomic E-state index is 0.230. The first-order valence-corrected chi connectivity index (χ1v) is 10.2. The van der Waals surface area contributed by atoms with E-state index in [1.54, 1.807) is 6.07 Å². The van der Waals surface area contributed by atoms with Crippen LogP contribution in [0.15, 0.2) is 18.2 Å². The maximum absolute atomic E-state index is 14.3. The van der Waals surface area contributed by atoms with E-state index >= 15 is 0 Å². The van der Waals surface area contributed by atoms with Crippen LogP contribution in [-0.2, 0) is 15.9 Å². The molecule has 4 nitrogen and oxygen atoms in total. The Bertz CT molecular complexity index is 644. The highest BCUT2D eigenvalue weighted by atomic mass is 19.1. The predicted molar refractivity (Wildman–Crippen MR) is 109 cm³/mol. The van der Waals surface area contributed by atoms with Crippen LogP contribution < -0.4 is 5.46 Å². The number of piperidine rings is 1. The Morgan fingerprint density at radius 3 is 2.26 bits per heavy atom. The molecule has 2 aliphatic rings. The quantitative estimate of drug-likeness (QED) is 0.738. The van der Waals surface area contributed by atoms with Gasteiger partial charge in [0.1, 0.15) is 5.82 Å². The average molecular weight is 376 g/mol. The van der Waals surface area contributed by atoms with Crippen LogP contribution in [0.5, 0.6) is 0 Å². The highest BCUT2D eigenvalue weighted by molar-refractivity contribution is 6.62. The van der Waals surface area contributed by atoms with Gasteiger partial charge in [0.25, 0.3) is 0 Å². The van der Waals surface area contributed by atoms with Crippen molar-refractivity contribution in [2.45, 2.75) is 71.2 Å². The first-order valence-electron chi connectivity index (χ1n) is 10.2. The second-order valence-electron chi connectivity index (χ2n) is 9.06. The van der Waals surface area contributed by atoms with E-state index in [0.29, 0.717) is 6.04 Å². The monoisotopic (exact) mass is 376 g/mol. The Morgan fingerprint density at radius 2 is 1.70 bits per heavy atom. The molecule has 0 aromatic heterocycles. The lowest BCUT2D eigenvalue weighted by Crippen LogP contribution is -2.43. The molecule has 0 unspecified atom stereocenters. The van der Waals surface area contributed by atoms with Gasteiger partial charge < -0.3 is 14.2 Å². The molecule has 0 radical (unpaired) electrons. The van der Waals surface area contributed by atoms with Gasteiger partial charge in [-0.2, -0.15) is 0 Å². The Hall–Kier alpha value is -0.945. The van der Waals surface area contributed by atoms with Crippen LogP contribution in [0, 0.1) is 5.82 Å². The van der Waals surface area contributed by atoms with E-state index in [0.717, 1.165) is 37.2 Å². The van der Waals surface area contributed by atoms with E-state index in [-0.39, 0.29) is 5.82 Å². The van der Waals surface area contributed by atoms with Gasteiger partial charge in [0.15, 0.2) is 0 Å². The fourth-order valence-corrected chi connectivity index (χ4v) is 3.98. The Morgan fingerprint density at radius 1 is 1.11 bits per heavy atom. The average Bonchev–Trinajstić information content (AvgIpc) is 2.82. The standard InChI is InChI=1S/C21H34BFN2O2/c1-7-25-10-8-19(9-11-25)24(6)15-16-12-17(14-18(23)13-16)22-26-20(2,3)21(4,5)27-22/h12-14,19H,7-11,15H2,1-6H3. The molecule has 2 saturated heterocycles. The maximum Gasteiger partial charge on any atom is 0.494 e. The molecule has 1 aromatic carbocycles. The Balaban J connectivity index is 1.69. The van der Waals surface area contributed by atoms with Crippen molar-refractivity contribution in [1.29, 1.82) is 0 Å². The van der Waals surface area contributed by atoms with Gasteiger partial charge in [-0.05, 0) is 90.4 Å². The third-order valence-corrected chi connectivity index (χ3v) is 6.56. The largest absolute Gasteiger partial charge is 0.494 e. The van der Waals surface area contributed by atoms with E-state index in [9.17, 15) is 4.39 Å². The highest BCUT2D eigenvalue weighted by Gasteiger charge is 2.51. The molecule has 0 atom stereocenters. The number of hydrogen-bond acceptors (Lipinski definition) is 4. The molecule has 3 rings (SSSR count). The zero-order valence-electron chi connectivity index (χ0n) is 17.7. The van der Waals surface area contributed by atoms with Crippen LogP contribution in [0.2, 0.25) is 0 Å². The minimum atomic E-state index is -0.525. The molecular formula is C21H34BFN2O2. The lowest BCUT2D eigenvalue weighted by Gasteiger charge is -2.36. The lowest BCUT2D eigenvalue weighted by atomic mass is 9.78. The molecule has 0 bridgehead atoms. The summed E-state index contributed by atoms with van der Waals surface area (Å²) < 4.78 is 26.5. The molecule has 0 amide bonds. The fraction of sp³-hybridized carbons (Fsp3) is 0.714. The first-order chi connectivity index (χ1) is 12.6. The summed E-state index contributed by atoms with van der Waals surface area (Å²) in [5, 5.41) is 0. The van der Waals surface area contributed by atoms with Gasteiger partial charge in [0, 0.05) is 12.6 Å². The normalized spacial score (nSPS) is 23.3. The van der Waals surface area contributed by atoms with Crippen molar-refractivity contribution in [1.82, 2.24) is 9.80 Å². The molecule has 2 aliphatic heterocycles. The lowest BCUT2D eigenvalue weighted by molar-refractivity contribution is 0.00578. The number of nitrogens with zero attached hydrogens (tertiary/aromatic N) is 2. The molecule has 150 valence electrons. The first kappa shape index (κ1) is 20.8. The number of rotatable bonds is 5. The second kappa shape index (κ2) is 7.82. The summed E-state index contributed by atoms with van der Waals surface area (Å²) in [6, 6.07) is 5.75. The van der Waals surface area contributed by atoms with E-state index in [1.807, 2.05) is 33.8 Å². The number of hydrogen-bond donors (Lipinski definition) is 0. The van der Waals surface area contributed by atoms with Crippen LogP contribution >= 0.6 is 0 Å². The smallest absolute Gasteiger partial charge is 0.399 e. The molecule has 2 fully saturated rings. The zero-order chi connectivity index (χ0) is 19.8. The molecule has 6 heteroatoms. The SMILES string of the molecule is CCN1CCC(N(C)Cc2cc(F)cc(B3OC(C)(C)C(C)(C)O3)c2)CC1. The van der Waals surface area contributed by atoms with Gasteiger partial charge in [-0.3, -0.25) is 4.90 Å². The van der Waals surface area contributed by atoms with Gasteiger partial charge in [-0.1, -0.05) is 13.0 Å². The molecule has 0 N–H and O–H groups in total. The van der Waals surface area contributed by atoms with E-state index in [2.05, 4.69) is 23.8 Å². The van der Waals surface area contributed by atoms with Gasteiger partial charge in [0.05, 0.1) is 11.2 Å². The Labute approximate surface area is 164 Å². The van der Waals surface area contributed by atoms with Crippen LogP contribution in [0.4, 0.5) is 4.39 Å². The maximum atomic E-state index is 14.3. The van der Waals surface area contributed by atoms with Gasteiger partial charge in [0.2, 0.25) is 0 Å². The zero-order valence-corrected chi connectivity index (χ0v) is 17.7. The molecule has 27 heavy (non-hydrogen) atoms. The van der Waals surface area contributed by atoms with E-state index in [1.165, 1.54) is 18.9 Å². The summed E-state index contributed by atoms with van der Waals surface area (Å²) in [5.74, 6) is -0.230. The Kier molecular flexibility index (Phi) is 6.02. The summed E-state index contributed by atoms with van der Waals surface area (Å²) in [6.45, 7) is 14.4. The summed E-state index contributed by atoms with van der Waals surface area (Å²) in [4.78, 5) is 4.85. The molecule has 1 aromatic rings. The van der Waals surface area contributed by atoms with Crippen LogP contribution in [0.3, 0.4) is 0 Å². The summed E-state index contributed by atoms with van der Waals surface area (Å²) in [7, 11) is 1.62. The molecule has 0 spiro atoms. The van der Waals surface area contributed by atoms with Crippen molar-refractivity contribution in [3.63, 3.8) is 0 Å². The summed E-state index contributed by atoms with van der Waals surface area (Å²) in [5.41, 5.74) is 0.889. The highest BCUT2D eigenvalue weighted by Crippen LogP contribution is 2.36. The third kappa shape index (κ3) is 4.56. The van der Waals surface area contributed by atoms with Gasteiger partial charge in [-0.25, -0.2) is 4.39 Å². The summed E-state index contributed by atoms with van der Waals surface area (Å²) in [6.07, 6.45) is 2.34. The number of likely N-dealkylation sites (tertiary alicyclic amines) is 1.